The van der Waals surface area contributed by atoms with Gasteiger partial charge in [-0.1, -0.05) is 60.5 Å². The molecule has 1 aromatic heterocycles. The molecule has 2 aromatic carbocycles. The zero-order valence-electron chi connectivity index (χ0n) is 18.6. The van der Waals surface area contributed by atoms with Crippen LogP contribution in [0.25, 0.3) is 6.08 Å². The Morgan fingerprint density at radius 3 is 2.29 bits per heavy atom. The first-order valence-electron chi connectivity index (χ1n) is 10.5. The highest BCUT2D eigenvalue weighted by atomic mass is 35.5. The summed E-state index contributed by atoms with van der Waals surface area (Å²) >= 11 is 12.2. The van der Waals surface area contributed by atoms with Gasteiger partial charge in [-0.25, -0.2) is 14.8 Å². The second kappa shape index (κ2) is 12.2. The van der Waals surface area contributed by atoms with E-state index in [-0.39, 0.29) is 28.0 Å². The Labute approximate surface area is 207 Å². The van der Waals surface area contributed by atoms with E-state index in [2.05, 4.69) is 15.3 Å². The van der Waals surface area contributed by atoms with Gasteiger partial charge in [0.25, 0.3) is 5.91 Å². The van der Waals surface area contributed by atoms with Gasteiger partial charge in [0.05, 0.1) is 22.7 Å². The predicted molar refractivity (Wildman–Crippen MR) is 131 cm³/mol. The van der Waals surface area contributed by atoms with Crippen molar-refractivity contribution in [2.45, 2.75) is 25.8 Å². The average molecular weight is 500 g/mol. The molecule has 0 fully saturated rings. The number of ether oxygens (including phenoxy) is 2. The average Bonchev–Trinajstić information content (AvgIpc) is 2.84. The van der Waals surface area contributed by atoms with Crippen molar-refractivity contribution >= 4 is 41.2 Å². The number of amides is 1. The van der Waals surface area contributed by atoms with Crippen molar-refractivity contribution in [1.82, 2.24) is 15.3 Å². The van der Waals surface area contributed by atoms with E-state index >= 15 is 0 Å². The minimum Gasteiger partial charge on any atom is -0.467 e. The first-order chi connectivity index (χ1) is 16.4. The number of halogens is 2. The molecule has 1 heterocycles. The van der Waals surface area contributed by atoms with Gasteiger partial charge in [-0.05, 0) is 48.2 Å². The third-order valence-electron chi connectivity index (χ3n) is 4.84. The zero-order chi connectivity index (χ0) is 24.5. The van der Waals surface area contributed by atoms with Gasteiger partial charge in [0.15, 0.2) is 0 Å². The van der Waals surface area contributed by atoms with Crippen LogP contribution >= 0.6 is 23.2 Å². The van der Waals surface area contributed by atoms with Crippen LogP contribution in [0.3, 0.4) is 0 Å². The summed E-state index contributed by atoms with van der Waals surface area (Å²) in [6, 6.07) is 11.4. The lowest BCUT2D eigenvalue weighted by molar-refractivity contribution is -0.142. The van der Waals surface area contributed by atoms with Gasteiger partial charge in [-0.15, -0.1) is 0 Å². The molecule has 0 saturated heterocycles. The Balaban J connectivity index is 1.62. The minimum absolute atomic E-state index is 0.104. The number of methoxy groups -OCH3 is 1. The van der Waals surface area contributed by atoms with Gasteiger partial charge < -0.3 is 14.8 Å². The molecule has 3 aromatic rings. The molecule has 9 heteroatoms. The number of aromatic nitrogens is 2. The monoisotopic (exact) mass is 499 g/mol. The van der Waals surface area contributed by atoms with E-state index in [4.69, 9.17) is 32.7 Å². The highest BCUT2D eigenvalue weighted by molar-refractivity contribution is 6.39. The van der Waals surface area contributed by atoms with E-state index in [1.54, 1.807) is 48.8 Å². The minimum atomic E-state index is -0.910. The molecule has 1 unspecified atom stereocenters. The standard InChI is InChI=1S/C25H23Cl2N3O4/c1-3-16-14-28-25(29-15-16)34-18-12-10-17(11-13-18)6-4-9-21(24(32)33-2)30-23(31)22-19(26)7-5-8-20(22)27/h4-8,10-15,21H,3,9H2,1-2H3,(H,30,31). The van der Waals surface area contributed by atoms with Gasteiger partial charge >= 0.3 is 12.0 Å². The van der Waals surface area contributed by atoms with Crippen molar-refractivity contribution in [2.24, 2.45) is 0 Å². The molecule has 34 heavy (non-hydrogen) atoms. The van der Waals surface area contributed by atoms with Crippen molar-refractivity contribution in [3.8, 4) is 11.8 Å². The summed E-state index contributed by atoms with van der Waals surface area (Å²) in [7, 11) is 1.26. The Morgan fingerprint density at radius 1 is 1.06 bits per heavy atom. The Morgan fingerprint density at radius 2 is 1.71 bits per heavy atom. The summed E-state index contributed by atoms with van der Waals surface area (Å²) in [5.41, 5.74) is 2.01. The summed E-state index contributed by atoms with van der Waals surface area (Å²) in [4.78, 5) is 33.2. The maximum atomic E-state index is 12.6. The lowest BCUT2D eigenvalue weighted by atomic mass is 10.1. The third-order valence-corrected chi connectivity index (χ3v) is 5.47. The van der Waals surface area contributed by atoms with E-state index in [1.807, 2.05) is 25.1 Å². The van der Waals surface area contributed by atoms with Crippen LogP contribution in [0.5, 0.6) is 11.8 Å². The van der Waals surface area contributed by atoms with Crippen LogP contribution in [0.15, 0.2) is 60.9 Å². The van der Waals surface area contributed by atoms with E-state index in [0.29, 0.717) is 5.75 Å². The fourth-order valence-corrected chi connectivity index (χ4v) is 3.54. The van der Waals surface area contributed by atoms with Crippen molar-refractivity contribution in [3.63, 3.8) is 0 Å². The smallest absolute Gasteiger partial charge is 0.328 e. The summed E-state index contributed by atoms with van der Waals surface area (Å²) in [6.07, 6.45) is 8.11. The summed E-state index contributed by atoms with van der Waals surface area (Å²) in [5.74, 6) is -0.549. The lowest BCUT2D eigenvalue weighted by Crippen LogP contribution is -2.41. The van der Waals surface area contributed by atoms with Crippen molar-refractivity contribution < 1.29 is 19.1 Å². The fraction of sp³-hybridized carbons (Fsp3) is 0.200. The predicted octanol–water partition coefficient (Wildman–Crippen LogP) is 5.51. The van der Waals surface area contributed by atoms with Crippen LogP contribution in [0.1, 0.15) is 34.8 Å². The van der Waals surface area contributed by atoms with Crippen LogP contribution in [0.2, 0.25) is 10.0 Å². The van der Waals surface area contributed by atoms with Gasteiger partial charge in [0, 0.05) is 12.4 Å². The van der Waals surface area contributed by atoms with E-state index in [0.717, 1.165) is 17.5 Å². The van der Waals surface area contributed by atoms with E-state index in [1.165, 1.54) is 7.11 Å². The number of rotatable bonds is 9. The number of carbonyl (C=O) groups is 2. The summed E-state index contributed by atoms with van der Waals surface area (Å²) < 4.78 is 10.5. The maximum Gasteiger partial charge on any atom is 0.328 e. The van der Waals surface area contributed by atoms with Crippen LogP contribution in [-0.4, -0.2) is 35.0 Å². The fourth-order valence-electron chi connectivity index (χ4n) is 2.97. The molecule has 0 bridgehead atoms. The number of hydrogen-bond acceptors (Lipinski definition) is 6. The number of nitrogens with zero attached hydrogens (tertiary/aromatic N) is 2. The molecule has 0 aliphatic rings. The van der Waals surface area contributed by atoms with Gasteiger partial charge in [0.2, 0.25) is 0 Å². The molecule has 0 saturated carbocycles. The topological polar surface area (TPSA) is 90.4 Å². The van der Waals surface area contributed by atoms with Crippen molar-refractivity contribution in [3.05, 3.63) is 87.7 Å². The number of aryl methyl sites for hydroxylation is 1. The molecule has 0 aliphatic carbocycles. The summed E-state index contributed by atoms with van der Waals surface area (Å²) in [5, 5.41) is 3.01. The molecule has 1 amide bonds. The second-order valence-corrected chi connectivity index (χ2v) is 8.00. The summed E-state index contributed by atoms with van der Waals surface area (Å²) in [6.45, 7) is 2.03. The molecular weight excluding hydrogens is 477 g/mol. The molecule has 1 atom stereocenters. The highest BCUT2D eigenvalue weighted by Gasteiger charge is 2.23. The second-order valence-electron chi connectivity index (χ2n) is 7.18. The van der Waals surface area contributed by atoms with E-state index in [9.17, 15) is 9.59 Å². The van der Waals surface area contributed by atoms with Gasteiger partial charge in [0.1, 0.15) is 11.8 Å². The van der Waals surface area contributed by atoms with Gasteiger partial charge in [-0.2, -0.15) is 0 Å². The van der Waals surface area contributed by atoms with Crippen LogP contribution in [0.4, 0.5) is 0 Å². The molecule has 0 aliphatic heterocycles. The lowest BCUT2D eigenvalue weighted by Gasteiger charge is -2.16. The highest BCUT2D eigenvalue weighted by Crippen LogP contribution is 2.24. The molecule has 176 valence electrons. The molecule has 0 spiro atoms. The first-order valence-corrected chi connectivity index (χ1v) is 11.2. The van der Waals surface area contributed by atoms with Crippen LogP contribution < -0.4 is 10.1 Å². The number of carbonyl (C=O) groups excluding carboxylic acids is 2. The Kier molecular flexibility index (Phi) is 9.01. The number of nitrogens with one attached hydrogen (secondary N) is 1. The molecule has 7 nitrogen and oxygen atoms in total. The molecular formula is C25H23Cl2N3O4. The quantitative estimate of drug-likeness (QED) is 0.390. The normalized spacial score (nSPS) is 11.8. The SMILES string of the molecule is CCc1cnc(Oc2ccc(C=CCC(NC(=O)c3c(Cl)cccc3Cl)C(=O)OC)cc2)nc1. The zero-order valence-corrected chi connectivity index (χ0v) is 20.1. The van der Waals surface area contributed by atoms with Crippen molar-refractivity contribution in [2.75, 3.05) is 7.11 Å². The number of hydrogen-bond donors (Lipinski definition) is 1. The number of esters is 1. The van der Waals surface area contributed by atoms with Crippen molar-refractivity contribution in [1.29, 1.82) is 0 Å². The first kappa shape index (κ1) is 25.2. The largest absolute Gasteiger partial charge is 0.467 e. The Hall–Kier alpha value is -3.42. The van der Waals surface area contributed by atoms with Gasteiger partial charge in [-0.3, -0.25) is 4.79 Å². The maximum absolute atomic E-state index is 12.6. The van der Waals surface area contributed by atoms with Crippen LogP contribution in [0, 0.1) is 0 Å². The molecule has 3 rings (SSSR count). The molecule has 1 N–H and O–H groups in total. The van der Waals surface area contributed by atoms with Crippen LogP contribution in [-0.2, 0) is 16.0 Å². The third kappa shape index (κ3) is 6.79. The number of benzene rings is 2. The molecule has 0 radical (unpaired) electrons. The Bertz CT molecular complexity index is 1150. The van der Waals surface area contributed by atoms with E-state index < -0.39 is 17.9 Å².